The summed E-state index contributed by atoms with van der Waals surface area (Å²) in [7, 11) is 6.57. The second-order valence-corrected chi connectivity index (χ2v) is 2.88. The molecule has 1 aliphatic rings. The lowest BCUT2D eigenvalue weighted by Gasteiger charge is -2.43. The first kappa shape index (κ1) is 8.95. The molecule has 1 rings (SSSR count). The molecule has 1 aliphatic heterocycles. The van der Waals surface area contributed by atoms with E-state index in [1.54, 1.807) is 28.2 Å². The van der Waals surface area contributed by atoms with E-state index in [9.17, 15) is 9.59 Å². The van der Waals surface area contributed by atoms with Crippen molar-refractivity contribution >= 4 is 12.1 Å². The quantitative estimate of drug-likeness (QED) is 0.578. The molecule has 0 N–H and O–H groups in total. The minimum atomic E-state index is -0.324. The van der Waals surface area contributed by atoms with Crippen LogP contribution in [0.4, 0.5) is 9.59 Å². The van der Waals surface area contributed by atoms with Gasteiger partial charge in [0.1, 0.15) is 0 Å². The van der Waals surface area contributed by atoms with E-state index in [0.717, 1.165) is 10.0 Å². The predicted octanol–water partition coefficient (Wildman–Crippen LogP) is -0.203. The molecule has 0 aromatic heterocycles. The number of carbonyl (C=O) groups excluding carboxylic acids is 2. The summed E-state index contributed by atoms with van der Waals surface area (Å²) in [6, 6.07) is -0.648. The van der Waals surface area contributed by atoms with Crippen LogP contribution < -0.4 is 0 Å². The molecule has 6 heteroatoms. The Balaban J connectivity index is 2.69. The number of hydrogen-bond donors (Lipinski definition) is 0. The van der Waals surface area contributed by atoms with E-state index in [2.05, 4.69) is 0 Å². The molecule has 0 aliphatic carbocycles. The van der Waals surface area contributed by atoms with E-state index < -0.39 is 0 Å². The van der Waals surface area contributed by atoms with Crippen molar-refractivity contribution in [2.24, 2.45) is 0 Å². The van der Waals surface area contributed by atoms with Gasteiger partial charge in [-0.3, -0.25) is 0 Å². The molecule has 0 unspecified atom stereocenters. The van der Waals surface area contributed by atoms with Gasteiger partial charge in [0.15, 0.2) is 0 Å². The summed E-state index contributed by atoms with van der Waals surface area (Å²) in [5.74, 6) is 0. The maximum atomic E-state index is 11.2. The van der Waals surface area contributed by atoms with Crippen molar-refractivity contribution in [3.63, 3.8) is 0 Å². The number of nitrogens with zero attached hydrogens (tertiary/aromatic N) is 4. The van der Waals surface area contributed by atoms with E-state index in [4.69, 9.17) is 0 Å². The van der Waals surface area contributed by atoms with Gasteiger partial charge in [0.05, 0.1) is 0 Å². The van der Waals surface area contributed by atoms with Crippen LogP contribution in [0.15, 0.2) is 0 Å². The summed E-state index contributed by atoms with van der Waals surface area (Å²) in [6.07, 6.45) is 0. The Labute approximate surface area is 70.9 Å². The third-order valence-corrected chi connectivity index (χ3v) is 1.52. The normalized spacial score (nSPS) is 17.8. The molecule has 0 bridgehead atoms. The zero-order chi connectivity index (χ0) is 9.46. The number of rotatable bonds is 2. The van der Waals surface area contributed by atoms with Gasteiger partial charge in [0.2, 0.25) is 0 Å². The largest absolute Gasteiger partial charge is 0.366 e. The Morgan fingerprint density at radius 2 is 1.08 bits per heavy atom. The number of hydrogen-bond acceptors (Lipinski definition) is 4. The molecular weight excluding hydrogens is 160 g/mol. The fourth-order valence-electron chi connectivity index (χ4n) is 0.983. The maximum absolute atomic E-state index is 11.2. The van der Waals surface area contributed by atoms with Gasteiger partial charge in [0, 0.05) is 28.2 Å². The van der Waals surface area contributed by atoms with Gasteiger partial charge in [-0.15, -0.1) is 0 Å². The molecule has 4 amide bonds. The number of urea groups is 2. The van der Waals surface area contributed by atoms with E-state index in [1.807, 2.05) is 0 Å². The van der Waals surface area contributed by atoms with Crippen molar-refractivity contribution in [2.45, 2.75) is 0 Å². The van der Waals surface area contributed by atoms with Crippen molar-refractivity contribution in [2.75, 3.05) is 28.2 Å². The van der Waals surface area contributed by atoms with Gasteiger partial charge in [0.25, 0.3) is 0 Å². The molecule has 12 heavy (non-hydrogen) atoms. The van der Waals surface area contributed by atoms with Crippen molar-refractivity contribution in [3.05, 3.63) is 0 Å². The van der Waals surface area contributed by atoms with Gasteiger partial charge in [-0.25, -0.2) is 19.6 Å². The summed E-state index contributed by atoms with van der Waals surface area (Å²) in [4.78, 5) is 22.4. The smallest absolute Gasteiger partial charge is 0.244 e. The second kappa shape index (κ2) is 2.72. The lowest BCUT2D eigenvalue weighted by molar-refractivity contribution is -0.0422. The van der Waals surface area contributed by atoms with E-state index in [1.165, 1.54) is 10.0 Å². The molecule has 1 saturated heterocycles. The summed E-state index contributed by atoms with van der Waals surface area (Å²) >= 11 is 0. The Bertz CT molecular complexity index is 190. The van der Waals surface area contributed by atoms with Crippen LogP contribution in [-0.2, 0) is 0 Å². The third kappa shape index (κ3) is 1.05. The highest BCUT2D eigenvalue weighted by Gasteiger charge is 2.47. The number of amides is 4. The average molecular weight is 172 g/mol. The van der Waals surface area contributed by atoms with Crippen LogP contribution in [0.2, 0.25) is 0 Å². The molecule has 6 nitrogen and oxygen atoms in total. The molecular formula is C6H12N4O2. The topological polar surface area (TPSA) is 47.1 Å². The first-order valence-electron chi connectivity index (χ1n) is 3.49. The van der Waals surface area contributed by atoms with Gasteiger partial charge in [-0.2, -0.15) is 10.0 Å². The van der Waals surface area contributed by atoms with Crippen molar-refractivity contribution < 1.29 is 9.59 Å². The van der Waals surface area contributed by atoms with Crippen LogP contribution in [0.1, 0.15) is 0 Å². The molecule has 68 valence electrons. The number of hydrazine groups is 2. The van der Waals surface area contributed by atoms with Crippen LogP contribution in [0.3, 0.4) is 0 Å². The summed E-state index contributed by atoms with van der Waals surface area (Å²) in [5, 5.41) is 5.01. The van der Waals surface area contributed by atoms with Crippen LogP contribution in [-0.4, -0.2) is 60.3 Å². The highest BCUT2D eigenvalue weighted by molar-refractivity contribution is 6.10. The van der Waals surface area contributed by atoms with Gasteiger partial charge in [-0.05, 0) is 0 Å². The Kier molecular flexibility index (Phi) is 2.03. The first-order valence-corrected chi connectivity index (χ1v) is 3.49. The number of carbonyl (C=O) groups is 2. The summed E-state index contributed by atoms with van der Waals surface area (Å²) < 4.78 is 0. The van der Waals surface area contributed by atoms with Gasteiger partial charge < -0.3 is 0 Å². The first-order chi connectivity index (χ1) is 5.46. The SMILES string of the molecule is CN(C)N1C(=O)N(N(C)C)C1=O. The van der Waals surface area contributed by atoms with Crippen LogP contribution in [0.25, 0.3) is 0 Å². The minimum absolute atomic E-state index is 0.324. The van der Waals surface area contributed by atoms with E-state index >= 15 is 0 Å². The van der Waals surface area contributed by atoms with E-state index in [0.29, 0.717) is 0 Å². The van der Waals surface area contributed by atoms with Crippen LogP contribution >= 0.6 is 0 Å². The highest BCUT2D eigenvalue weighted by atomic mass is 16.3. The molecule has 0 atom stereocenters. The fraction of sp³-hybridized carbons (Fsp3) is 0.667. The van der Waals surface area contributed by atoms with Gasteiger partial charge >= 0.3 is 12.1 Å². The molecule has 1 fully saturated rings. The predicted molar refractivity (Wildman–Crippen MR) is 41.8 cm³/mol. The van der Waals surface area contributed by atoms with Gasteiger partial charge in [-0.1, -0.05) is 0 Å². The Morgan fingerprint density at radius 1 is 0.833 bits per heavy atom. The fourth-order valence-corrected chi connectivity index (χ4v) is 0.983. The molecule has 0 radical (unpaired) electrons. The standard InChI is InChI=1S/C6H12N4O2/c1-7(2)9-5(11)10(6(9)12)8(3)4/h1-4H3. The van der Waals surface area contributed by atoms with E-state index in [-0.39, 0.29) is 12.1 Å². The molecule has 1 heterocycles. The molecule has 0 aromatic carbocycles. The lowest BCUT2D eigenvalue weighted by atomic mass is 10.6. The van der Waals surface area contributed by atoms with Crippen molar-refractivity contribution in [3.8, 4) is 0 Å². The highest BCUT2D eigenvalue weighted by Crippen LogP contribution is 2.17. The van der Waals surface area contributed by atoms with Crippen LogP contribution in [0.5, 0.6) is 0 Å². The second-order valence-electron chi connectivity index (χ2n) is 2.88. The summed E-state index contributed by atoms with van der Waals surface area (Å²) in [5.41, 5.74) is 0. The molecule has 0 spiro atoms. The number of imide groups is 2. The van der Waals surface area contributed by atoms with Crippen molar-refractivity contribution in [1.82, 2.24) is 20.0 Å². The Morgan fingerprint density at radius 3 is 1.25 bits per heavy atom. The minimum Gasteiger partial charge on any atom is -0.244 e. The molecule has 0 aromatic rings. The zero-order valence-electron chi connectivity index (χ0n) is 7.61. The summed E-state index contributed by atoms with van der Waals surface area (Å²) in [6.45, 7) is 0. The Hall–Kier alpha value is -1.14. The average Bonchev–Trinajstić information content (AvgIpc) is 1.84. The molecule has 0 saturated carbocycles. The zero-order valence-corrected chi connectivity index (χ0v) is 7.61. The maximum Gasteiger partial charge on any atom is 0.366 e. The monoisotopic (exact) mass is 172 g/mol. The van der Waals surface area contributed by atoms with Crippen LogP contribution in [0, 0.1) is 0 Å². The third-order valence-electron chi connectivity index (χ3n) is 1.52. The lowest BCUT2D eigenvalue weighted by Crippen LogP contribution is -2.71. The van der Waals surface area contributed by atoms with Crippen molar-refractivity contribution in [1.29, 1.82) is 0 Å².